The molecule has 0 amide bonds. The summed E-state index contributed by atoms with van der Waals surface area (Å²) < 4.78 is 0. The van der Waals surface area contributed by atoms with Gasteiger partial charge >= 0.3 is 0 Å². The van der Waals surface area contributed by atoms with Crippen LogP contribution in [-0.2, 0) is 5.41 Å². The van der Waals surface area contributed by atoms with Gasteiger partial charge in [0, 0.05) is 21.3 Å². The maximum absolute atomic E-state index is 9.38. The number of hydrogen-bond donors (Lipinski definition) is 2. The van der Waals surface area contributed by atoms with Gasteiger partial charge in [-0.2, -0.15) is 0 Å². The summed E-state index contributed by atoms with van der Waals surface area (Å²) in [6.45, 7) is 0.324. The van der Waals surface area contributed by atoms with Crippen molar-refractivity contribution in [2.75, 3.05) is 24.7 Å². The lowest BCUT2D eigenvalue weighted by Gasteiger charge is -2.34. The van der Waals surface area contributed by atoms with E-state index in [1.54, 1.807) is 23.5 Å². The van der Waals surface area contributed by atoms with Crippen molar-refractivity contribution < 1.29 is 10.2 Å². The Balaban J connectivity index is 1.46. The van der Waals surface area contributed by atoms with Crippen LogP contribution in [0.3, 0.4) is 0 Å². The Morgan fingerprint density at radius 2 is 1.00 bits per heavy atom. The summed E-state index contributed by atoms with van der Waals surface area (Å²) in [5.74, 6) is 1.36. The van der Waals surface area contributed by atoms with Gasteiger partial charge in [0.15, 0.2) is 0 Å². The molecule has 7 rings (SSSR count). The van der Waals surface area contributed by atoms with E-state index in [0.717, 1.165) is 9.79 Å². The van der Waals surface area contributed by atoms with E-state index in [1.807, 2.05) is 0 Å². The van der Waals surface area contributed by atoms with E-state index < -0.39 is 5.41 Å². The predicted molar refractivity (Wildman–Crippen MR) is 182 cm³/mol. The Bertz CT molecular complexity index is 1840. The molecular formula is C39H32O2S2. The van der Waals surface area contributed by atoms with Gasteiger partial charge in [0.25, 0.3) is 0 Å². The summed E-state index contributed by atoms with van der Waals surface area (Å²) in [6, 6.07) is 48.9. The number of aliphatic hydroxyl groups is 2. The molecule has 0 aromatic heterocycles. The molecule has 2 nitrogen and oxygen atoms in total. The zero-order chi connectivity index (χ0) is 29.2. The van der Waals surface area contributed by atoms with Crippen LogP contribution in [0, 0.1) is 0 Å². The summed E-state index contributed by atoms with van der Waals surface area (Å²) in [6.07, 6.45) is 0. The van der Waals surface area contributed by atoms with Gasteiger partial charge in [-0.15, -0.1) is 23.5 Å². The molecule has 4 heteroatoms. The monoisotopic (exact) mass is 596 g/mol. The lowest BCUT2D eigenvalue weighted by Crippen LogP contribution is -2.28. The number of thioether (sulfide) groups is 2. The Hall–Kier alpha value is -3.80. The van der Waals surface area contributed by atoms with E-state index >= 15 is 0 Å². The Morgan fingerprint density at radius 3 is 1.65 bits per heavy atom. The van der Waals surface area contributed by atoms with Crippen LogP contribution in [0.5, 0.6) is 0 Å². The molecule has 0 saturated carbocycles. The second-order valence-corrected chi connectivity index (χ2v) is 13.1. The molecule has 212 valence electrons. The Labute approximate surface area is 261 Å². The molecule has 1 aliphatic rings. The van der Waals surface area contributed by atoms with Crippen molar-refractivity contribution in [2.24, 2.45) is 0 Å². The van der Waals surface area contributed by atoms with Gasteiger partial charge < -0.3 is 10.2 Å². The van der Waals surface area contributed by atoms with Crippen LogP contribution in [0.4, 0.5) is 0 Å². The summed E-state index contributed by atoms with van der Waals surface area (Å²) >= 11 is 3.35. The van der Waals surface area contributed by atoms with Gasteiger partial charge in [0.05, 0.1) is 18.6 Å². The van der Waals surface area contributed by atoms with Crippen LogP contribution in [0.2, 0.25) is 0 Å². The highest BCUT2D eigenvalue weighted by Gasteiger charge is 2.46. The first-order chi connectivity index (χ1) is 21.2. The topological polar surface area (TPSA) is 40.5 Å². The molecular weight excluding hydrogens is 565 g/mol. The third-order valence-electron chi connectivity index (χ3n) is 8.42. The van der Waals surface area contributed by atoms with E-state index in [9.17, 15) is 10.2 Å². The fourth-order valence-electron chi connectivity index (χ4n) is 6.55. The van der Waals surface area contributed by atoms with Crippen LogP contribution in [-0.4, -0.2) is 34.9 Å². The molecule has 0 bridgehead atoms. The molecule has 0 aliphatic heterocycles. The summed E-state index contributed by atoms with van der Waals surface area (Å²) in [4.78, 5) is 2.31. The highest BCUT2D eigenvalue weighted by molar-refractivity contribution is 7.99. The third kappa shape index (κ3) is 4.99. The first-order valence-corrected chi connectivity index (χ1v) is 16.6. The second-order valence-electron chi connectivity index (χ2n) is 10.8. The quantitative estimate of drug-likeness (QED) is 0.163. The number of aliphatic hydroxyl groups excluding tert-OH is 2. The standard InChI is InChI=1S/C39H32O2S2/c40-21-23-42-33-16-12-31(13-17-33)39(32-14-18-34(19-15-32)43-24-22-41)37-8-4-3-7-35(37)36-20-11-30(26-38(36)39)29-10-9-27-5-1-2-6-28(27)25-29/h1-20,25-26,40-41H,21-24H2. The van der Waals surface area contributed by atoms with Gasteiger partial charge in [-0.05, 0) is 91.7 Å². The van der Waals surface area contributed by atoms with Crippen molar-refractivity contribution in [3.8, 4) is 22.3 Å². The maximum Gasteiger partial charge on any atom is 0.0713 e. The number of benzene rings is 6. The average molecular weight is 597 g/mol. The van der Waals surface area contributed by atoms with Crippen molar-refractivity contribution >= 4 is 34.3 Å². The molecule has 0 unspecified atom stereocenters. The Morgan fingerprint density at radius 1 is 0.465 bits per heavy atom. The zero-order valence-corrected chi connectivity index (χ0v) is 25.4. The molecule has 1 aliphatic carbocycles. The summed E-state index contributed by atoms with van der Waals surface area (Å²) in [5.41, 5.74) is 9.44. The van der Waals surface area contributed by atoms with Crippen molar-refractivity contribution in [3.05, 3.63) is 156 Å². The van der Waals surface area contributed by atoms with E-state index in [2.05, 4.69) is 133 Å². The molecule has 43 heavy (non-hydrogen) atoms. The smallest absolute Gasteiger partial charge is 0.0713 e. The fourth-order valence-corrected chi connectivity index (χ4v) is 7.86. The molecule has 6 aromatic carbocycles. The molecule has 0 spiro atoms. The van der Waals surface area contributed by atoms with Gasteiger partial charge in [-0.25, -0.2) is 0 Å². The lowest BCUT2D eigenvalue weighted by molar-refractivity contribution is 0.322. The molecule has 0 heterocycles. The van der Waals surface area contributed by atoms with Gasteiger partial charge in [0.1, 0.15) is 0 Å². The number of hydrogen-bond acceptors (Lipinski definition) is 4. The molecule has 2 N–H and O–H groups in total. The van der Waals surface area contributed by atoms with Crippen molar-refractivity contribution in [3.63, 3.8) is 0 Å². The molecule has 0 saturated heterocycles. The lowest BCUT2D eigenvalue weighted by atomic mass is 9.67. The van der Waals surface area contributed by atoms with Crippen molar-refractivity contribution in [2.45, 2.75) is 15.2 Å². The van der Waals surface area contributed by atoms with Crippen LogP contribution in [0.1, 0.15) is 22.3 Å². The predicted octanol–water partition coefficient (Wildman–Crippen LogP) is 9.04. The van der Waals surface area contributed by atoms with Crippen molar-refractivity contribution in [1.29, 1.82) is 0 Å². The van der Waals surface area contributed by atoms with Crippen molar-refractivity contribution in [1.82, 2.24) is 0 Å². The summed E-state index contributed by atoms with van der Waals surface area (Å²) in [7, 11) is 0. The minimum absolute atomic E-state index is 0.162. The minimum atomic E-state index is -0.501. The average Bonchev–Trinajstić information content (AvgIpc) is 3.37. The first kappa shape index (κ1) is 28.0. The van der Waals surface area contributed by atoms with E-state index in [-0.39, 0.29) is 13.2 Å². The van der Waals surface area contributed by atoms with E-state index in [0.29, 0.717) is 11.5 Å². The first-order valence-electron chi connectivity index (χ1n) is 14.6. The van der Waals surface area contributed by atoms with Crippen LogP contribution in [0.25, 0.3) is 33.0 Å². The Kier molecular flexibility index (Phi) is 7.85. The maximum atomic E-state index is 9.38. The van der Waals surface area contributed by atoms with E-state index in [4.69, 9.17) is 0 Å². The van der Waals surface area contributed by atoms with Crippen LogP contribution in [0.15, 0.2) is 143 Å². The molecule has 6 aromatic rings. The molecule has 0 fully saturated rings. The largest absolute Gasteiger partial charge is 0.396 e. The second kappa shape index (κ2) is 12.1. The molecule has 0 radical (unpaired) electrons. The van der Waals surface area contributed by atoms with Gasteiger partial charge in [-0.1, -0.05) is 97.1 Å². The van der Waals surface area contributed by atoms with Crippen LogP contribution >= 0.6 is 23.5 Å². The third-order valence-corrected chi connectivity index (χ3v) is 10.4. The van der Waals surface area contributed by atoms with Gasteiger partial charge in [0.2, 0.25) is 0 Å². The minimum Gasteiger partial charge on any atom is -0.396 e. The normalized spacial score (nSPS) is 13.2. The number of rotatable bonds is 9. The fraction of sp³-hybridized carbons (Fsp3) is 0.128. The highest BCUT2D eigenvalue weighted by atomic mass is 32.2. The number of fused-ring (bicyclic) bond motifs is 4. The van der Waals surface area contributed by atoms with E-state index in [1.165, 1.54) is 55.3 Å². The zero-order valence-electron chi connectivity index (χ0n) is 23.7. The van der Waals surface area contributed by atoms with Gasteiger partial charge in [-0.3, -0.25) is 0 Å². The molecule has 0 atom stereocenters. The SMILES string of the molecule is OCCSc1ccc(C2(c3ccc(SCCO)cc3)c3ccccc3-c3ccc(-c4ccc5ccccc5c4)cc32)cc1. The highest BCUT2D eigenvalue weighted by Crippen LogP contribution is 2.57. The summed E-state index contributed by atoms with van der Waals surface area (Å²) in [5, 5.41) is 21.2. The van der Waals surface area contributed by atoms with Crippen LogP contribution < -0.4 is 0 Å².